The number of hydrogen-bond donors (Lipinski definition) is 1. The third-order valence-corrected chi connectivity index (χ3v) is 7.11. The van der Waals surface area contributed by atoms with Gasteiger partial charge in [0, 0.05) is 47.2 Å². The molecule has 1 fully saturated rings. The number of carbonyl (C=O) groups is 2. The molecule has 41 heavy (non-hydrogen) atoms. The Kier molecular flexibility index (Phi) is 11.8. The van der Waals surface area contributed by atoms with Crippen molar-refractivity contribution in [2.24, 2.45) is 5.92 Å². The van der Waals surface area contributed by atoms with Gasteiger partial charge in [0.05, 0.1) is 6.61 Å². The number of ether oxygens (including phenoxy) is 4. The third-order valence-electron chi connectivity index (χ3n) is 6.36. The van der Waals surface area contributed by atoms with Gasteiger partial charge < -0.3 is 24.3 Å². The van der Waals surface area contributed by atoms with Crippen molar-refractivity contribution in [1.82, 2.24) is 10.2 Å². The summed E-state index contributed by atoms with van der Waals surface area (Å²) in [6.07, 6.45) is 0.364. The second-order valence-corrected chi connectivity index (χ2v) is 10.8. The van der Waals surface area contributed by atoms with E-state index in [4.69, 9.17) is 53.8 Å². The minimum atomic E-state index is -0.486. The lowest BCUT2D eigenvalue weighted by Crippen LogP contribution is -2.38. The van der Waals surface area contributed by atoms with Crippen LogP contribution in [0.25, 0.3) is 0 Å². The molecule has 1 N–H and O–H groups in total. The summed E-state index contributed by atoms with van der Waals surface area (Å²) in [4.78, 5) is 27.3. The minimum absolute atomic E-state index is 0.105. The van der Waals surface area contributed by atoms with Crippen LogP contribution in [0.1, 0.15) is 6.42 Å². The molecule has 1 saturated heterocycles. The van der Waals surface area contributed by atoms with E-state index in [2.05, 4.69) is 10.2 Å². The third kappa shape index (κ3) is 10.6. The van der Waals surface area contributed by atoms with E-state index in [0.29, 0.717) is 52.8 Å². The number of likely N-dealkylation sites (tertiary alicyclic amines) is 1. The Morgan fingerprint density at radius 3 is 1.80 bits per heavy atom. The first kappa shape index (κ1) is 30.8. The van der Waals surface area contributed by atoms with E-state index in [1.165, 1.54) is 0 Å². The van der Waals surface area contributed by atoms with Crippen LogP contribution < -0.4 is 19.5 Å². The van der Waals surface area contributed by atoms with Crippen LogP contribution in [-0.4, -0.2) is 68.9 Å². The Labute approximate surface area is 254 Å². The van der Waals surface area contributed by atoms with Crippen molar-refractivity contribution in [3.05, 3.63) is 87.9 Å². The number of rotatable bonds is 14. The van der Waals surface area contributed by atoms with E-state index < -0.39 is 12.1 Å². The number of nitrogens with one attached hydrogen (secondary N) is 1. The van der Waals surface area contributed by atoms with Gasteiger partial charge in [0.2, 0.25) is 0 Å². The molecule has 4 rings (SSSR count). The zero-order chi connectivity index (χ0) is 29.0. The van der Waals surface area contributed by atoms with Gasteiger partial charge >= 0.3 is 5.97 Å². The Balaban J connectivity index is 1.25. The van der Waals surface area contributed by atoms with Crippen molar-refractivity contribution in [2.75, 3.05) is 46.0 Å². The summed E-state index contributed by atoms with van der Waals surface area (Å²) in [7, 11) is 0. The van der Waals surface area contributed by atoms with Crippen LogP contribution in [0.3, 0.4) is 0 Å². The molecule has 0 bridgehead atoms. The Morgan fingerprint density at radius 1 is 0.732 bits per heavy atom. The van der Waals surface area contributed by atoms with Gasteiger partial charge in [0.1, 0.15) is 23.4 Å². The fraction of sp³-hybridized carbons (Fsp3) is 0.333. The van der Waals surface area contributed by atoms with Crippen LogP contribution in [0.2, 0.25) is 15.1 Å². The maximum Gasteiger partial charge on any atom is 0.344 e. The topological polar surface area (TPSA) is 86.3 Å². The lowest BCUT2D eigenvalue weighted by atomic mass is 10.1. The van der Waals surface area contributed by atoms with Crippen LogP contribution in [0.5, 0.6) is 17.2 Å². The van der Waals surface area contributed by atoms with Crippen LogP contribution in [-0.2, 0) is 14.3 Å². The number of halogens is 3. The highest BCUT2D eigenvalue weighted by Crippen LogP contribution is 2.22. The van der Waals surface area contributed by atoms with Crippen molar-refractivity contribution in [3.8, 4) is 17.2 Å². The van der Waals surface area contributed by atoms with Crippen LogP contribution in [0.15, 0.2) is 72.8 Å². The van der Waals surface area contributed by atoms with E-state index in [0.717, 1.165) is 18.7 Å². The quantitative estimate of drug-likeness (QED) is 0.187. The van der Waals surface area contributed by atoms with Crippen molar-refractivity contribution >= 4 is 46.7 Å². The highest BCUT2D eigenvalue weighted by Gasteiger charge is 2.35. The van der Waals surface area contributed by atoms with Crippen LogP contribution in [0, 0.1) is 5.92 Å². The first-order valence-corrected chi connectivity index (χ1v) is 14.3. The van der Waals surface area contributed by atoms with Gasteiger partial charge in [-0.25, -0.2) is 4.79 Å². The molecule has 1 aliphatic heterocycles. The second-order valence-electron chi connectivity index (χ2n) is 9.49. The average Bonchev–Trinajstić information content (AvgIpc) is 3.35. The summed E-state index contributed by atoms with van der Waals surface area (Å²) in [5.74, 6) is 0.955. The number of benzene rings is 3. The average molecular weight is 622 g/mol. The molecule has 1 aliphatic rings. The molecule has 0 aromatic heterocycles. The number of carbonyl (C=O) groups excluding carboxylic acids is 2. The highest BCUT2D eigenvalue weighted by molar-refractivity contribution is 6.31. The standard InChI is InChI=1S/C30H31Cl3N2O6/c31-22-2-8-25(9-3-22)38-15-1-14-35-17-21(16-34-29(36)19-39-26-10-4-23(32)5-11-26)28(18-35)41-30(37)20-40-27-12-6-24(33)7-13-27/h2-13,21,28H,1,14-20H2,(H,34,36). The maximum atomic E-state index is 12.6. The number of esters is 1. The lowest BCUT2D eigenvalue weighted by Gasteiger charge is -2.19. The smallest absolute Gasteiger partial charge is 0.344 e. The Morgan fingerprint density at radius 2 is 1.24 bits per heavy atom. The zero-order valence-electron chi connectivity index (χ0n) is 22.3. The van der Waals surface area contributed by atoms with Crippen molar-refractivity contribution in [1.29, 1.82) is 0 Å². The molecule has 11 heteroatoms. The molecule has 2 unspecified atom stereocenters. The SMILES string of the molecule is O=C(COc1ccc(Cl)cc1)NCC1CN(CCCOc2ccc(Cl)cc2)CC1OC(=O)COc1ccc(Cl)cc1. The molecule has 1 amide bonds. The van der Waals surface area contributed by atoms with E-state index in [1.807, 2.05) is 12.1 Å². The summed E-state index contributed by atoms with van der Waals surface area (Å²) in [5, 5.41) is 4.72. The summed E-state index contributed by atoms with van der Waals surface area (Å²) in [6.45, 7) is 2.41. The maximum absolute atomic E-state index is 12.6. The van der Waals surface area contributed by atoms with Gasteiger partial charge in [-0.15, -0.1) is 0 Å². The molecule has 0 radical (unpaired) electrons. The van der Waals surface area contributed by atoms with E-state index in [9.17, 15) is 9.59 Å². The summed E-state index contributed by atoms with van der Waals surface area (Å²) in [6, 6.07) is 20.7. The Bertz CT molecular complexity index is 1260. The minimum Gasteiger partial charge on any atom is -0.494 e. The van der Waals surface area contributed by atoms with Gasteiger partial charge in [-0.2, -0.15) is 0 Å². The van der Waals surface area contributed by atoms with Crippen molar-refractivity contribution in [2.45, 2.75) is 12.5 Å². The summed E-state index contributed by atoms with van der Waals surface area (Å²) >= 11 is 17.7. The van der Waals surface area contributed by atoms with Gasteiger partial charge in [0.15, 0.2) is 13.2 Å². The normalized spacial score (nSPS) is 16.7. The monoisotopic (exact) mass is 620 g/mol. The molecule has 218 valence electrons. The van der Waals surface area contributed by atoms with E-state index in [-0.39, 0.29) is 25.0 Å². The van der Waals surface area contributed by atoms with Crippen LogP contribution in [0.4, 0.5) is 0 Å². The van der Waals surface area contributed by atoms with E-state index in [1.54, 1.807) is 60.7 Å². The molecule has 1 heterocycles. The fourth-order valence-corrected chi connectivity index (χ4v) is 4.68. The van der Waals surface area contributed by atoms with E-state index >= 15 is 0 Å². The first-order chi connectivity index (χ1) is 19.8. The molecule has 3 aromatic carbocycles. The molecule has 0 spiro atoms. The predicted molar refractivity (Wildman–Crippen MR) is 158 cm³/mol. The van der Waals surface area contributed by atoms with Gasteiger partial charge in [-0.3, -0.25) is 9.69 Å². The number of hydrogen-bond acceptors (Lipinski definition) is 7. The molecule has 8 nitrogen and oxygen atoms in total. The first-order valence-electron chi connectivity index (χ1n) is 13.2. The largest absolute Gasteiger partial charge is 0.494 e. The summed E-state index contributed by atoms with van der Waals surface area (Å²) in [5.41, 5.74) is 0. The Hall–Kier alpha value is -3.17. The lowest BCUT2D eigenvalue weighted by molar-refractivity contribution is -0.152. The second kappa shape index (κ2) is 15.7. The highest BCUT2D eigenvalue weighted by atomic mass is 35.5. The van der Waals surface area contributed by atoms with Gasteiger partial charge in [-0.1, -0.05) is 34.8 Å². The van der Waals surface area contributed by atoms with Crippen LogP contribution >= 0.6 is 34.8 Å². The molecular formula is C30H31Cl3N2O6. The zero-order valence-corrected chi connectivity index (χ0v) is 24.5. The molecule has 2 atom stereocenters. The summed E-state index contributed by atoms with van der Waals surface area (Å²) < 4.78 is 22.6. The van der Waals surface area contributed by atoms with Gasteiger partial charge in [-0.05, 0) is 79.2 Å². The van der Waals surface area contributed by atoms with Crippen molar-refractivity contribution in [3.63, 3.8) is 0 Å². The molecule has 3 aromatic rings. The fourth-order valence-electron chi connectivity index (χ4n) is 4.30. The number of amides is 1. The molecular weight excluding hydrogens is 591 g/mol. The molecule has 0 saturated carbocycles. The number of nitrogens with zero attached hydrogens (tertiary/aromatic N) is 1. The van der Waals surface area contributed by atoms with Crippen molar-refractivity contribution < 1.29 is 28.5 Å². The predicted octanol–water partition coefficient (Wildman–Crippen LogP) is 5.53. The molecule has 0 aliphatic carbocycles. The van der Waals surface area contributed by atoms with Gasteiger partial charge in [0.25, 0.3) is 5.91 Å².